The topological polar surface area (TPSA) is 61.6 Å². The van der Waals surface area contributed by atoms with E-state index in [0.717, 1.165) is 16.9 Å². The van der Waals surface area contributed by atoms with Crippen molar-refractivity contribution in [1.82, 2.24) is 4.98 Å². The third-order valence-electron chi connectivity index (χ3n) is 3.73. The lowest BCUT2D eigenvalue weighted by Crippen LogP contribution is -2.06. The molecular weight excluding hydrogens is 318 g/mol. The molecule has 3 rings (SSSR count). The van der Waals surface area contributed by atoms with Crippen LogP contribution in [-0.4, -0.2) is 18.1 Å². The molecule has 0 amide bonds. The van der Waals surface area contributed by atoms with Crippen molar-refractivity contribution < 1.29 is 18.7 Å². The van der Waals surface area contributed by atoms with Gasteiger partial charge in [-0.2, -0.15) is 0 Å². The number of hydrogen-bond acceptors (Lipinski definition) is 5. The number of nitrogens with zero attached hydrogens (tertiary/aromatic N) is 1. The molecule has 0 aliphatic rings. The lowest BCUT2D eigenvalue weighted by atomic mass is 10.1. The second-order valence-electron chi connectivity index (χ2n) is 5.52. The number of oxazole rings is 1. The van der Waals surface area contributed by atoms with E-state index in [0.29, 0.717) is 24.4 Å². The van der Waals surface area contributed by atoms with Crippen molar-refractivity contribution in [3.05, 3.63) is 72.1 Å². The summed E-state index contributed by atoms with van der Waals surface area (Å²) in [5, 5.41) is 0. The van der Waals surface area contributed by atoms with E-state index >= 15 is 0 Å². The highest BCUT2D eigenvalue weighted by Gasteiger charge is 2.09. The largest absolute Gasteiger partial charge is 0.497 e. The second kappa shape index (κ2) is 8.15. The van der Waals surface area contributed by atoms with Gasteiger partial charge in [0.15, 0.2) is 0 Å². The van der Waals surface area contributed by atoms with Gasteiger partial charge in [0, 0.05) is 12.0 Å². The Labute approximate surface area is 146 Å². The minimum Gasteiger partial charge on any atom is -0.497 e. The average molecular weight is 337 g/mol. The zero-order valence-electron chi connectivity index (χ0n) is 14.0. The maximum Gasteiger partial charge on any atom is 0.306 e. The molecule has 0 saturated heterocycles. The standard InChI is InChI=1S/C20H19NO4/c1-23-18-10-7-15(8-11-18)9-12-19(22)24-13-17-14-25-20(21-17)16-5-3-2-4-6-16/h2-8,10-11,14H,9,12-13H2,1H3. The lowest BCUT2D eigenvalue weighted by Gasteiger charge is -2.04. The first-order valence-electron chi connectivity index (χ1n) is 8.03. The molecule has 128 valence electrons. The zero-order chi connectivity index (χ0) is 17.5. The summed E-state index contributed by atoms with van der Waals surface area (Å²) in [6.07, 6.45) is 2.45. The zero-order valence-corrected chi connectivity index (χ0v) is 14.0. The maximum absolute atomic E-state index is 11.9. The molecular formula is C20H19NO4. The van der Waals surface area contributed by atoms with E-state index in [9.17, 15) is 4.79 Å². The smallest absolute Gasteiger partial charge is 0.306 e. The Hall–Kier alpha value is -3.08. The SMILES string of the molecule is COc1ccc(CCC(=O)OCc2coc(-c3ccccc3)n2)cc1. The Morgan fingerprint density at radius 1 is 1.08 bits per heavy atom. The van der Waals surface area contributed by atoms with Gasteiger partial charge in [0.25, 0.3) is 0 Å². The summed E-state index contributed by atoms with van der Waals surface area (Å²) in [4.78, 5) is 16.2. The van der Waals surface area contributed by atoms with E-state index < -0.39 is 0 Å². The molecule has 0 saturated carbocycles. The molecule has 5 heteroatoms. The van der Waals surface area contributed by atoms with Crippen LogP contribution >= 0.6 is 0 Å². The van der Waals surface area contributed by atoms with Crippen LogP contribution in [0, 0.1) is 0 Å². The molecule has 0 fully saturated rings. The molecule has 0 aliphatic carbocycles. The number of hydrogen-bond donors (Lipinski definition) is 0. The Kier molecular flexibility index (Phi) is 5.46. The molecule has 0 N–H and O–H groups in total. The summed E-state index contributed by atoms with van der Waals surface area (Å²) in [6, 6.07) is 17.2. The van der Waals surface area contributed by atoms with Crippen molar-refractivity contribution in [2.45, 2.75) is 19.4 Å². The van der Waals surface area contributed by atoms with Gasteiger partial charge in [0.05, 0.1) is 7.11 Å². The van der Waals surface area contributed by atoms with E-state index in [1.165, 1.54) is 6.26 Å². The number of methoxy groups -OCH3 is 1. The minimum atomic E-state index is -0.264. The molecule has 0 atom stereocenters. The fourth-order valence-corrected chi connectivity index (χ4v) is 2.35. The molecule has 0 aliphatic heterocycles. The van der Waals surface area contributed by atoms with Crippen LogP contribution in [0.25, 0.3) is 11.5 Å². The van der Waals surface area contributed by atoms with E-state index in [4.69, 9.17) is 13.9 Å². The van der Waals surface area contributed by atoms with Crippen molar-refractivity contribution >= 4 is 5.97 Å². The van der Waals surface area contributed by atoms with Crippen LogP contribution in [0.3, 0.4) is 0 Å². The Balaban J connectivity index is 1.46. The van der Waals surface area contributed by atoms with Crippen molar-refractivity contribution in [2.24, 2.45) is 0 Å². The van der Waals surface area contributed by atoms with Crippen LogP contribution < -0.4 is 4.74 Å². The Morgan fingerprint density at radius 2 is 1.84 bits per heavy atom. The summed E-state index contributed by atoms with van der Waals surface area (Å²) in [6.45, 7) is 0.109. The highest BCUT2D eigenvalue weighted by atomic mass is 16.5. The van der Waals surface area contributed by atoms with Gasteiger partial charge in [-0.15, -0.1) is 0 Å². The third-order valence-corrected chi connectivity index (χ3v) is 3.73. The van der Waals surface area contributed by atoms with E-state index in [1.807, 2.05) is 54.6 Å². The summed E-state index contributed by atoms with van der Waals surface area (Å²) in [7, 11) is 1.62. The number of carbonyl (C=O) groups excluding carboxylic acids is 1. The predicted octanol–water partition coefficient (Wildman–Crippen LogP) is 4.03. The number of aromatic nitrogens is 1. The van der Waals surface area contributed by atoms with E-state index in [-0.39, 0.29) is 12.6 Å². The molecule has 2 aromatic carbocycles. The van der Waals surface area contributed by atoms with Crippen LogP contribution in [0.1, 0.15) is 17.7 Å². The van der Waals surface area contributed by atoms with Gasteiger partial charge in [-0.1, -0.05) is 30.3 Å². The monoisotopic (exact) mass is 337 g/mol. The quantitative estimate of drug-likeness (QED) is 0.609. The molecule has 0 unspecified atom stereocenters. The molecule has 5 nitrogen and oxygen atoms in total. The Bertz CT molecular complexity index is 809. The lowest BCUT2D eigenvalue weighted by molar-refractivity contribution is -0.145. The molecule has 1 aromatic heterocycles. The van der Waals surface area contributed by atoms with Gasteiger partial charge in [0.1, 0.15) is 24.3 Å². The molecule has 0 spiro atoms. The number of rotatable bonds is 7. The van der Waals surface area contributed by atoms with Gasteiger partial charge in [0.2, 0.25) is 5.89 Å². The number of aryl methyl sites for hydroxylation is 1. The highest BCUT2D eigenvalue weighted by Crippen LogP contribution is 2.18. The maximum atomic E-state index is 11.9. The first kappa shape index (κ1) is 16.8. The second-order valence-corrected chi connectivity index (χ2v) is 5.52. The van der Waals surface area contributed by atoms with Crippen molar-refractivity contribution in [3.63, 3.8) is 0 Å². The highest BCUT2D eigenvalue weighted by molar-refractivity contribution is 5.69. The van der Waals surface area contributed by atoms with Gasteiger partial charge in [-0.3, -0.25) is 4.79 Å². The van der Waals surface area contributed by atoms with Crippen molar-refractivity contribution in [1.29, 1.82) is 0 Å². The summed E-state index contributed by atoms with van der Waals surface area (Å²) < 4.78 is 15.8. The van der Waals surface area contributed by atoms with Gasteiger partial charge in [-0.25, -0.2) is 4.98 Å². The fraction of sp³-hybridized carbons (Fsp3) is 0.200. The fourth-order valence-electron chi connectivity index (χ4n) is 2.35. The van der Waals surface area contributed by atoms with Crippen LogP contribution in [0.4, 0.5) is 0 Å². The normalized spacial score (nSPS) is 10.4. The summed E-state index contributed by atoms with van der Waals surface area (Å²) in [5.41, 5.74) is 2.54. The van der Waals surface area contributed by atoms with Crippen LogP contribution in [0.15, 0.2) is 65.3 Å². The van der Waals surface area contributed by atoms with Crippen molar-refractivity contribution in [2.75, 3.05) is 7.11 Å². The predicted molar refractivity (Wildman–Crippen MR) is 93.1 cm³/mol. The van der Waals surface area contributed by atoms with E-state index in [1.54, 1.807) is 7.11 Å². The third kappa shape index (κ3) is 4.70. The number of carbonyl (C=O) groups is 1. The number of benzene rings is 2. The first-order valence-corrected chi connectivity index (χ1v) is 8.03. The number of esters is 1. The van der Waals surface area contributed by atoms with Crippen LogP contribution in [0.5, 0.6) is 5.75 Å². The molecule has 1 heterocycles. The van der Waals surface area contributed by atoms with Crippen LogP contribution in [0.2, 0.25) is 0 Å². The number of ether oxygens (including phenoxy) is 2. The molecule has 3 aromatic rings. The minimum absolute atomic E-state index is 0.109. The molecule has 0 bridgehead atoms. The molecule has 0 radical (unpaired) electrons. The first-order chi connectivity index (χ1) is 12.2. The molecule has 25 heavy (non-hydrogen) atoms. The van der Waals surface area contributed by atoms with Crippen molar-refractivity contribution in [3.8, 4) is 17.2 Å². The Morgan fingerprint density at radius 3 is 2.56 bits per heavy atom. The summed E-state index contributed by atoms with van der Waals surface area (Å²) in [5.74, 6) is 1.05. The van der Waals surface area contributed by atoms with E-state index in [2.05, 4.69) is 4.98 Å². The summed E-state index contributed by atoms with van der Waals surface area (Å²) >= 11 is 0. The average Bonchev–Trinajstić information content (AvgIpc) is 3.15. The van der Waals surface area contributed by atoms with Crippen LogP contribution in [-0.2, 0) is 22.6 Å². The van der Waals surface area contributed by atoms with Gasteiger partial charge >= 0.3 is 5.97 Å². The van der Waals surface area contributed by atoms with Gasteiger partial charge in [-0.05, 0) is 36.2 Å². The van der Waals surface area contributed by atoms with Gasteiger partial charge < -0.3 is 13.9 Å².